The lowest BCUT2D eigenvalue weighted by atomic mass is 10.1. The maximum atomic E-state index is 11.4. The van der Waals surface area contributed by atoms with Gasteiger partial charge in [-0.1, -0.05) is 12.1 Å². The Morgan fingerprint density at radius 3 is 2.67 bits per heavy atom. The molecule has 0 unspecified atom stereocenters. The van der Waals surface area contributed by atoms with Crippen LogP contribution >= 0.6 is 0 Å². The van der Waals surface area contributed by atoms with E-state index < -0.39 is 0 Å². The van der Waals surface area contributed by atoms with E-state index in [4.69, 9.17) is 0 Å². The fraction of sp³-hybridized carbons (Fsp3) is 0.200. The second-order valence-electron chi connectivity index (χ2n) is 4.58. The molecule has 21 heavy (non-hydrogen) atoms. The fourth-order valence-electron chi connectivity index (χ4n) is 2.13. The highest BCUT2D eigenvalue weighted by atomic mass is 16.5. The summed E-state index contributed by atoms with van der Waals surface area (Å²) in [5, 5.41) is 0. The number of benzene rings is 1. The second kappa shape index (κ2) is 5.70. The van der Waals surface area contributed by atoms with E-state index in [0.717, 1.165) is 24.2 Å². The Kier molecular flexibility index (Phi) is 3.59. The molecule has 6 heteroatoms. The van der Waals surface area contributed by atoms with E-state index >= 15 is 0 Å². The Morgan fingerprint density at radius 2 is 1.90 bits per heavy atom. The zero-order chi connectivity index (χ0) is 14.7. The molecule has 3 aromatic rings. The number of esters is 1. The van der Waals surface area contributed by atoms with Crippen molar-refractivity contribution in [3.8, 4) is 0 Å². The molecule has 0 spiro atoms. The molecule has 2 aromatic heterocycles. The van der Waals surface area contributed by atoms with Crippen LogP contribution in [0.4, 0.5) is 0 Å². The number of rotatable bonds is 4. The number of imidazole rings is 1. The number of nitrogens with zero attached hydrogens (tertiary/aromatic N) is 4. The number of fused-ring (bicyclic) bond motifs is 1. The molecule has 0 aliphatic carbocycles. The molecule has 0 fully saturated rings. The third-order valence-corrected chi connectivity index (χ3v) is 3.27. The van der Waals surface area contributed by atoms with Crippen molar-refractivity contribution in [1.82, 2.24) is 19.5 Å². The van der Waals surface area contributed by atoms with E-state index in [1.54, 1.807) is 30.9 Å². The fourth-order valence-corrected chi connectivity index (χ4v) is 2.13. The summed E-state index contributed by atoms with van der Waals surface area (Å²) in [4.78, 5) is 24.0. The number of carbonyl (C=O) groups is 1. The molecule has 0 aliphatic heterocycles. The van der Waals surface area contributed by atoms with Gasteiger partial charge in [-0.25, -0.2) is 19.7 Å². The number of aromatic nitrogens is 4. The minimum Gasteiger partial charge on any atom is -0.465 e. The third kappa shape index (κ3) is 2.74. The Bertz CT molecular complexity index is 765. The quantitative estimate of drug-likeness (QED) is 0.683. The van der Waals surface area contributed by atoms with Crippen LogP contribution < -0.4 is 0 Å². The van der Waals surface area contributed by atoms with E-state index in [2.05, 4.69) is 19.7 Å². The minimum atomic E-state index is -0.322. The standard InChI is InChI=1S/C15H14N4O2/c1-21-15(20)12-4-2-11(3-5-12)6-9-19-10-18-13-14(19)17-8-7-16-13/h2-5,7-8,10H,6,9H2,1H3. The SMILES string of the molecule is COC(=O)c1ccc(CCn2cnc3nccnc32)cc1. The number of carbonyl (C=O) groups excluding carboxylic acids is 1. The summed E-state index contributed by atoms with van der Waals surface area (Å²) in [5.41, 5.74) is 3.12. The Hall–Kier alpha value is -2.76. The van der Waals surface area contributed by atoms with Crippen molar-refractivity contribution in [3.63, 3.8) is 0 Å². The van der Waals surface area contributed by atoms with Gasteiger partial charge in [-0.15, -0.1) is 0 Å². The molecule has 3 rings (SSSR count). The summed E-state index contributed by atoms with van der Waals surface area (Å²) in [5.74, 6) is -0.322. The van der Waals surface area contributed by atoms with Gasteiger partial charge in [-0.2, -0.15) is 0 Å². The average molecular weight is 282 g/mol. The number of hydrogen-bond donors (Lipinski definition) is 0. The van der Waals surface area contributed by atoms with E-state index in [1.807, 2.05) is 16.7 Å². The lowest BCUT2D eigenvalue weighted by molar-refractivity contribution is 0.0600. The van der Waals surface area contributed by atoms with Gasteiger partial charge in [-0.3, -0.25) is 0 Å². The van der Waals surface area contributed by atoms with Crippen molar-refractivity contribution in [3.05, 3.63) is 54.1 Å². The molecule has 0 atom stereocenters. The van der Waals surface area contributed by atoms with Gasteiger partial charge >= 0.3 is 5.97 Å². The van der Waals surface area contributed by atoms with E-state index in [1.165, 1.54) is 7.11 Å². The summed E-state index contributed by atoms with van der Waals surface area (Å²) in [6.07, 6.45) is 5.86. The summed E-state index contributed by atoms with van der Waals surface area (Å²) in [7, 11) is 1.38. The molecule has 1 aromatic carbocycles. The molecule has 0 saturated heterocycles. The van der Waals surface area contributed by atoms with Crippen molar-refractivity contribution < 1.29 is 9.53 Å². The molecular formula is C15H14N4O2. The van der Waals surface area contributed by atoms with Gasteiger partial charge in [0.1, 0.15) is 0 Å². The van der Waals surface area contributed by atoms with Gasteiger partial charge in [0.05, 0.1) is 19.0 Å². The van der Waals surface area contributed by atoms with Crippen LogP contribution in [0.2, 0.25) is 0 Å². The lowest BCUT2D eigenvalue weighted by Crippen LogP contribution is -2.03. The molecule has 0 saturated carbocycles. The van der Waals surface area contributed by atoms with Gasteiger partial charge in [0.25, 0.3) is 0 Å². The zero-order valence-corrected chi connectivity index (χ0v) is 11.6. The number of ether oxygens (including phenoxy) is 1. The van der Waals surface area contributed by atoms with Gasteiger partial charge in [0.2, 0.25) is 0 Å². The molecule has 0 radical (unpaired) electrons. The van der Waals surface area contributed by atoms with Crippen molar-refractivity contribution in [2.24, 2.45) is 0 Å². The normalized spacial score (nSPS) is 10.7. The molecule has 6 nitrogen and oxygen atoms in total. The number of hydrogen-bond acceptors (Lipinski definition) is 5. The first-order valence-corrected chi connectivity index (χ1v) is 6.57. The largest absolute Gasteiger partial charge is 0.465 e. The van der Waals surface area contributed by atoms with Crippen molar-refractivity contribution >= 4 is 17.3 Å². The van der Waals surface area contributed by atoms with Crippen LogP contribution in [0.25, 0.3) is 11.3 Å². The summed E-state index contributed by atoms with van der Waals surface area (Å²) in [6.45, 7) is 0.757. The van der Waals surface area contributed by atoms with E-state index in [-0.39, 0.29) is 5.97 Å². The molecule has 0 aliphatic rings. The van der Waals surface area contributed by atoms with Crippen molar-refractivity contribution in [1.29, 1.82) is 0 Å². The minimum absolute atomic E-state index is 0.322. The first kappa shape index (κ1) is 13.2. The smallest absolute Gasteiger partial charge is 0.337 e. The summed E-state index contributed by atoms with van der Waals surface area (Å²) < 4.78 is 6.65. The van der Waals surface area contributed by atoms with Crippen molar-refractivity contribution in [2.75, 3.05) is 7.11 Å². The number of aryl methyl sites for hydroxylation is 2. The maximum Gasteiger partial charge on any atom is 0.337 e. The summed E-state index contributed by atoms with van der Waals surface area (Å²) in [6, 6.07) is 7.40. The topological polar surface area (TPSA) is 69.9 Å². The van der Waals surface area contributed by atoms with Gasteiger partial charge < -0.3 is 9.30 Å². The van der Waals surface area contributed by atoms with Crippen LogP contribution in [0.1, 0.15) is 15.9 Å². The first-order chi connectivity index (χ1) is 10.3. The molecule has 106 valence electrons. The van der Waals surface area contributed by atoms with Crippen LogP contribution in [0.3, 0.4) is 0 Å². The average Bonchev–Trinajstić information content (AvgIpc) is 2.96. The van der Waals surface area contributed by atoms with Crippen LogP contribution in [0.5, 0.6) is 0 Å². The maximum absolute atomic E-state index is 11.4. The molecule has 0 amide bonds. The second-order valence-corrected chi connectivity index (χ2v) is 4.58. The Morgan fingerprint density at radius 1 is 1.14 bits per heavy atom. The number of methoxy groups -OCH3 is 1. The first-order valence-electron chi connectivity index (χ1n) is 6.57. The molecule has 0 bridgehead atoms. The molecule has 0 N–H and O–H groups in total. The molecule has 2 heterocycles. The highest BCUT2D eigenvalue weighted by molar-refractivity contribution is 5.89. The highest BCUT2D eigenvalue weighted by Crippen LogP contribution is 2.10. The summed E-state index contributed by atoms with van der Waals surface area (Å²) >= 11 is 0. The van der Waals surface area contributed by atoms with Gasteiger partial charge in [0, 0.05) is 18.9 Å². The third-order valence-electron chi connectivity index (χ3n) is 3.27. The van der Waals surface area contributed by atoms with Crippen LogP contribution in [-0.2, 0) is 17.7 Å². The Labute approximate surface area is 121 Å². The zero-order valence-electron chi connectivity index (χ0n) is 11.6. The van der Waals surface area contributed by atoms with Gasteiger partial charge in [0.15, 0.2) is 11.3 Å². The van der Waals surface area contributed by atoms with Crippen LogP contribution in [0.15, 0.2) is 43.0 Å². The lowest BCUT2D eigenvalue weighted by Gasteiger charge is -2.05. The molecular weight excluding hydrogens is 268 g/mol. The van der Waals surface area contributed by atoms with Crippen LogP contribution in [0, 0.1) is 0 Å². The van der Waals surface area contributed by atoms with Gasteiger partial charge in [-0.05, 0) is 24.1 Å². The van der Waals surface area contributed by atoms with Crippen molar-refractivity contribution in [2.45, 2.75) is 13.0 Å². The van der Waals surface area contributed by atoms with E-state index in [0.29, 0.717) is 11.2 Å². The van der Waals surface area contributed by atoms with E-state index in [9.17, 15) is 4.79 Å². The predicted molar refractivity (Wildman–Crippen MR) is 76.8 cm³/mol. The van der Waals surface area contributed by atoms with Crippen LogP contribution in [-0.4, -0.2) is 32.6 Å². The monoisotopic (exact) mass is 282 g/mol. The predicted octanol–water partition coefficient (Wildman–Crippen LogP) is 1.86. The highest BCUT2D eigenvalue weighted by Gasteiger charge is 2.06. The Balaban J connectivity index is 1.71.